The van der Waals surface area contributed by atoms with Crippen molar-refractivity contribution in [1.82, 2.24) is 0 Å². The van der Waals surface area contributed by atoms with Gasteiger partial charge in [0.1, 0.15) is 6.17 Å². The lowest BCUT2D eigenvalue weighted by atomic mass is 9.91. The molecule has 0 N–H and O–H groups in total. The fraction of sp³-hybridized carbons (Fsp3) is 0.444. The third-order valence-electron chi connectivity index (χ3n) is 5.62. The monoisotopic (exact) mass is 380 g/mol. The van der Waals surface area contributed by atoms with Gasteiger partial charge < -0.3 is 0 Å². The van der Waals surface area contributed by atoms with Gasteiger partial charge in [-0.05, 0) is 93.4 Å². The normalized spacial score (nSPS) is 20.1. The average Bonchev–Trinajstić information content (AvgIpc) is 2.68. The van der Waals surface area contributed by atoms with Crippen LogP contribution in [-0.4, -0.2) is 6.17 Å². The van der Waals surface area contributed by atoms with Gasteiger partial charge in [0.2, 0.25) is 0 Å². The Bertz CT molecular complexity index is 773. The van der Waals surface area contributed by atoms with Crippen LogP contribution >= 0.6 is 0 Å². The second-order valence-corrected chi connectivity index (χ2v) is 7.76. The van der Waals surface area contributed by atoms with Crippen LogP contribution < -0.4 is 0 Å². The first-order valence-electron chi connectivity index (χ1n) is 10.4. The molecule has 1 aliphatic rings. The molecular formula is C27H37F. The van der Waals surface area contributed by atoms with Crippen molar-refractivity contribution in [3.05, 3.63) is 88.3 Å². The molecule has 0 nitrogen and oxygen atoms in total. The van der Waals surface area contributed by atoms with E-state index in [2.05, 4.69) is 65.7 Å². The molecule has 0 aliphatic heterocycles. The first-order valence-corrected chi connectivity index (χ1v) is 10.4. The molecule has 1 rings (SSSR count). The van der Waals surface area contributed by atoms with Crippen LogP contribution in [0.2, 0.25) is 0 Å². The third-order valence-corrected chi connectivity index (χ3v) is 5.62. The number of halogens is 1. The molecule has 0 aromatic rings. The molecule has 0 fully saturated rings. The summed E-state index contributed by atoms with van der Waals surface area (Å²) >= 11 is 0. The summed E-state index contributed by atoms with van der Waals surface area (Å²) in [5.74, 6) is -0.0165. The van der Waals surface area contributed by atoms with Gasteiger partial charge in [-0.25, -0.2) is 4.39 Å². The molecule has 0 radical (unpaired) electrons. The summed E-state index contributed by atoms with van der Waals surface area (Å²) in [6, 6.07) is 0. The zero-order valence-corrected chi connectivity index (χ0v) is 18.7. The van der Waals surface area contributed by atoms with Crippen LogP contribution in [0.15, 0.2) is 88.3 Å². The molecule has 1 aliphatic carbocycles. The number of alkyl halides is 1. The van der Waals surface area contributed by atoms with Crippen LogP contribution in [0.5, 0.6) is 0 Å². The summed E-state index contributed by atoms with van der Waals surface area (Å²) in [6.45, 7) is 20.9. The minimum atomic E-state index is -0.861. The second kappa shape index (κ2) is 11.7. The maximum Gasteiger partial charge on any atom is 0.125 e. The van der Waals surface area contributed by atoms with Crippen molar-refractivity contribution in [2.75, 3.05) is 0 Å². The molecule has 2 unspecified atom stereocenters. The van der Waals surface area contributed by atoms with E-state index in [0.29, 0.717) is 0 Å². The van der Waals surface area contributed by atoms with Crippen LogP contribution in [0.1, 0.15) is 67.2 Å². The van der Waals surface area contributed by atoms with E-state index in [1.807, 2.05) is 19.1 Å². The molecule has 0 bridgehead atoms. The van der Waals surface area contributed by atoms with Crippen LogP contribution in [0.4, 0.5) is 4.39 Å². The fourth-order valence-corrected chi connectivity index (χ4v) is 3.04. The molecule has 0 aromatic carbocycles. The lowest BCUT2D eigenvalue weighted by molar-refractivity contribution is 0.331. The Morgan fingerprint density at radius 1 is 1.21 bits per heavy atom. The highest BCUT2D eigenvalue weighted by Gasteiger charge is 2.15. The predicted molar refractivity (Wildman–Crippen MR) is 123 cm³/mol. The van der Waals surface area contributed by atoms with E-state index in [1.54, 1.807) is 6.08 Å². The first-order chi connectivity index (χ1) is 13.2. The van der Waals surface area contributed by atoms with Gasteiger partial charge in [0.05, 0.1) is 0 Å². The second-order valence-electron chi connectivity index (χ2n) is 7.76. The highest BCUT2D eigenvalue weighted by Crippen LogP contribution is 2.27. The molecule has 0 heterocycles. The molecule has 2 atom stereocenters. The van der Waals surface area contributed by atoms with Gasteiger partial charge in [0.15, 0.2) is 0 Å². The molecule has 1 heteroatoms. The van der Waals surface area contributed by atoms with Crippen molar-refractivity contribution in [1.29, 1.82) is 0 Å². The van der Waals surface area contributed by atoms with Crippen LogP contribution in [0.3, 0.4) is 0 Å². The van der Waals surface area contributed by atoms with E-state index in [9.17, 15) is 4.39 Å². The van der Waals surface area contributed by atoms with E-state index < -0.39 is 6.17 Å². The van der Waals surface area contributed by atoms with E-state index in [0.717, 1.165) is 48.0 Å². The number of hydrogen-bond acceptors (Lipinski definition) is 0. The zero-order valence-electron chi connectivity index (χ0n) is 18.7. The van der Waals surface area contributed by atoms with E-state index in [1.165, 1.54) is 16.7 Å². The molecule has 28 heavy (non-hydrogen) atoms. The Balaban J connectivity index is 2.89. The van der Waals surface area contributed by atoms with Crippen molar-refractivity contribution in [2.45, 2.75) is 73.4 Å². The van der Waals surface area contributed by atoms with Crippen LogP contribution in [0, 0.1) is 5.92 Å². The lowest BCUT2D eigenvalue weighted by Crippen LogP contribution is -2.11. The first kappa shape index (κ1) is 23.9. The topological polar surface area (TPSA) is 0 Å². The third kappa shape index (κ3) is 7.13. The maximum atomic E-state index is 13.8. The molecule has 0 aromatic heterocycles. The van der Waals surface area contributed by atoms with Crippen LogP contribution in [0.25, 0.3) is 0 Å². The largest absolute Gasteiger partial charge is 0.242 e. The van der Waals surface area contributed by atoms with Gasteiger partial charge >= 0.3 is 0 Å². The van der Waals surface area contributed by atoms with E-state index in [4.69, 9.17) is 0 Å². The summed E-state index contributed by atoms with van der Waals surface area (Å²) in [7, 11) is 0. The van der Waals surface area contributed by atoms with Gasteiger partial charge in [-0.3, -0.25) is 0 Å². The molecule has 152 valence electrons. The quantitative estimate of drug-likeness (QED) is 0.278. The lowest BCUT2D eigenvalue weighted by Gasteiger charge is -2.16. The Labute approximate surface area is 172 Å². The summed E-state index contributed by atoms with van der Waals surface area (Å²) in [4.78, 5) is 0. The van der Waals surface area contributed by atoms with E-state index in [-0.39, 0.29) is 5.92 Å². The summed E-state index contributed by atoms with van der Waals surface area (Å²) < 4.78 is 13.8. The number of allylic oxidation sites excluding steroid dienone is 11. The van der Waals surface area contributed by atoms with Crippen molar-refractivity contribution in [3.63, 3.8) is 0 Å². The van der Waals surface area contributed by atoms with Gasteiger partial charge in [0, 0.05) is 11.5 Å². The number of rotatable bonds is 9. The Kier molecular flexibility index (Phi) is 9.97. The number of hydrogen-bond donors (Lipinski definition) is 0. The smallest absolute Gasteiger partial charge is 0.125 e. The minimum absolute atomic E-state index is 0.0165. The predicted octanol–water partition coefficient (Wildman–Crippen LogP) is 8.53. The SMILES string of the molecule is C=C(CC)C(=C=C/C(C)=C(C)/C(C)=C/C)C(=C)CCCC1=CC(F)C(C)C=C1. The molecule has 0 saturated heterocycles. The average molecular weight is 381 g/mol. The van der Waals surface area contributed by atoms with Gasteiger partial charge in [-0.1, -0.05) is 50.8 Å². The van der Waals surface area contributed by atoms with Crippen molar-refractivity contribution in [2.24, 2.45) is 5.92 Å². The van der Waals surface area contributed by atoms with Gasteiger partial charge in [-0.2, -0.15) is 0 Å². The summed E-state index contributed by atoms with van der Waals surface area (Å²) in [5, 5.41) is 0. The van der Waals surface area contributed by atoms with Crippen LogP contribution in [-0.2, 0) is 0 Å². The summed E-state index contributed by atoms with van der Waals surface area (Å²) in [5.41, 5.74) is 11.4. The Morgan fingerprint density at radius 2 is 1.89 bits per heavy atom. The standard InChI is InChI=1S/C27H37F/c1-9-19(3)24(8)21(5)15-17-26(20(4)10-2)22(6)12-11-13-25-16-14-23(7)27(28)18-25/h9,14-16,18,23,27H,4,6,10-13H2,1-3,5,7-8H3/b19-9+,24-21+. The van der Waals surface area contributed by atoms with E-state index >= 15 is 0 Å². The van der Waals surface area contributed by atoms with Gasteiger partial charge in [-0.15, -0.1) is 5.73 Å². The van der Waals surface area contributed by atoms with Crippen molar-refractivity contribution >= 4 is 0 Å². The Hall–Kier alpha value is -2.11. The molecule has 0 spiro atoms. The zero-order chi connectivity index (χ0) is 21.3. The molecule has 0 saturated carbocycles. The summed E-state index contributed by atoms with van der Waals surface area (Å²) in [6.07, 6.45) is 12.7. The maximum absolute atomic E-state index is 13.8. The highest BCUT2D eigenvalue weighted by molar-refractivity contribution is 5.45. The molecular weight excluding hydrogens is 343 g/mol. The van der Waals surface area contributed by atoms with Crippen molar-refractivity contribution in [3.8, 4) is 0 Å². The van der Waals surface area contributed by atoms with Crippen molar-refractivity contribution < 1.29 is 4.39 Å². The molecule has 0 amide bonds. The van der Waals surface area contributed by atoms with Gasteiger partial charge in [0.25, 0.3) is 0 Å². The fourth-order valence-electron chi connectivity index (χ4n) is 3.04. The Morgan fingerprint density at radius 3 is 2.46 bits per heavy atom. The highest BCUT2D eigenvalue weighted by atomic mass is 19.1. The minimum Gasteiger partial charge on any atom is -0.242 e.